The van der Waals surface area contributed by atoms with Gasteiger partial charge in [0.15, 0.2) is 0 Å². The molecule has 4 aromatic rings. The highest BCUT2D eigenvalue weighted by Gasteiger charge is 2.32. The standard InChI is InChI=1S/C36H37NO5/c1-22-18-19-27(34(38)39)23(2)33(22)31-20-26(41-32-17-10-9-15-30(31)32)21-37(35(40)42-36(4,5)6)24(3)28-16-11-13-25-12-7-8-14-29(25)28/h7-20,24,26H,21H2,1-6H3,(H,38,39)/t24-,26?/m1/s1. The molecule has 4 aromatic carbocycles. The molecule has 6 heteroatoms. The Hall–Kier alpha value is -4.58. The molecule has 2 atom stereocenters. The maximum atomic E-state index is 13.8. The fraction of sp³-hybridized carbons (Fsp3) is 0.278. The third kappa shape index (κ3) is 5.75. The largest absolute Gasteiger partial charge is 0.484 e. The second-order valence-corrected chi connectivity index (χ2v) is 11.8. The number of hydrogen-bond acceptors (Lipinski definition) is 4. The zero-order valence-electron chi connectivity index (χ0n) is 25.0. The number of carboxylic acids is 1. The molecule has 0 aliphatic carbocycles. The number of carbonyl (C=O) groups excluding carboxylic acids is 1. The lowest BCUT2D eigenvalue weighted by Crippen LogP contribution is -2.44. The number of hydrogen-bond donors (Lipinski definition) is 1. The molecule has 1 unspecified atom stereocenters. The van der Waals surface area contributed by atoms with Gasteiger partial charge in [-0.1, -0.05) is 66.7 Å². The van der Waals surface area contributed by atoms with Crippen molar-refractivity contribution in [2.45, 2.75) is 59.3 Å². The van der Waals surface area contributed by atoms with Crippen molar-refractivity contribution in [1.29, 1.82) is 0 Å². The number of fused-ring (bicyclic) bond motifs is 2. The second-order valence-electron chi connectivity index (χ2n) is 11.8. The van der Waals surface area contributed by atoms with Crippen LogP contribution in [0.25, 0.3) is 16.3 Å². The minimum Gasteiger partial charge on any atom is -0.484 e. The number of amides is 1. The number of rotatable bonds is 6. The van der Waals surface area contributed by atoms with Crippen LogP contribution >= 0.6 is 0 Å². The Labute approximate surface area is 247 Å². The van der Waals surface area contributed by atoms with Crippen molar-refractivity contribution < 1.29 is 24.2 Å². The molecule has 0 bridgehead atoms. The summed E-state index contributed by atoms with van der Waals surface area (Å²) < 4.78 is 12.4. The molecule has 0 radical (unpaired) electrons. The average molecular weight is 564 g/mol. The van der Waals surface area contributed by atoms with Gasteiger partial charge >= 0.3 is 12.1 Å². The number of benzene rings is 4. The zero-order valence-corrected chi connectivity index (χ0v) is 25.0. The second kappa shape index (κ2) is 11.4. The smallest absolute Gasteiger partial charge is 0.410 e. The van der Waals surface area contributed by atoms with E-state index in [-0.39, 0.29) is 18.2 Å². The Balaban J connectivity index is 1.60. The Morgan fingerprint density at radius 3 is 2.38 bits per heavy atom. The fourth-order valence-corrected chi connectivity index (χ4v) is 5.75. The summed E-state index contributed by atoms with van der Waals surface area (Å²) in [6.45, 7) is 11.6. The molecule has 0 saturated heterocycles. The Morgan fingerprint density at radius 1 is 0.952 bits per heavy atom. The molecule has 1 N–H and O–H groups in total. The van der Waals surface area contributed by atoms with E-state index in [4.69, 9.17) is 9.47 Å². The van der Waals surface area contributed by atoms with E-state index < -0.39 is 23.8 Å². The molecule has 216 valence electrons. The summed E-state index contributed by atoms with van der Waals surface area (Å²) in [7, 11) is 0. The number of nitrogens with zero attached hydrogens (tertiary/aromatic N) is 1. The monoisotopic (exact) mass is 563 g/mol. The number of carboxylic acid groups (broad SMARTS) is 1. The van der Waals surface area contributed by atoms with Gasteiger partial charge in [0.05, 0.1) is 18.2 Å². The van der Waals surface area contributed by atoms with Gasteiger partial charge in [-0.3, -0.25) is 4.90 Å². The van der Waals surface area contributed by atoms with Gasteiger partial charge in [-0.25, -0.2) is 9.59 Å². The van der Waals surface area contributed by atoms with Crippen LogP contribution in [0.15, 0.2) is 84.9 Å². The van der Waals surface area contributed by atoms with Crippen LogP contribution in [0.5, 0.6) is 5.75 Å². The van der Waals surface area contributed by atoms with Gasteiger partial charge in [0.25, 0.3) is 0 Å². The van der Waals surface area contributed by atoms with Crippen LogP contribution < -0.4 is 4.74 Å². The van der Waals surface area contributed by atoms with Crippen molar-refractivity contribution in [1.82, 2.24) is 4.90 Å². The first-order valence-electron chi connectivity index (χ1n) is 14.2. The topological polar surface area (TPSA) is 76.1 Å². The maximum absolute atomic E-state index is 13.8. The van der Waals surface area contributed by atoms with Crippen molar-refractivity contribution >= 4 is 28.4 Å². The van der Waals surface area contributed by atoms with Gasteiger partial charge in [-0.2, -0.15) is 0 Å². The Kier molecular flexibility index (Phi) is 7.83. The van der Waals surface area contributed by atoms with Crippen molar-refractivity contribution in [3.63, 3.8) is 0 Å². The highest BCUT2D eigenvalue weighted by atomic mass is 16.6. The van der Waals surface area contributed by atoms with E-state index >= 15 is 0 Å². The molecule has 0 fully saturated rings. The molecular formula is C36H37NO5. The number of carbonyl (C=O) groups is 2. The normalized spacial score (nSPS) is 15.3. The molecule has 1 aliphatic rings. The SMILES string of the molecule is Cc1ccc(C(=O)O)c(C)c1C1=CC(CN(C(=O)OC(C)(C)C)[C@H](C)c2cccc3ccccc23)Oc2ccccc21. The zero-order chi connectivity index (χ0) is 30.2. The van der Waals surface area contributed by atoms with Gasteiger partial charge in [0, 0.05) is 5.56 Å². The Bertz CT molecular complexity index is 1690. The van der Waals surface area contributed by atoms with Crippen molar-refractivity contribution in [3.8, 4) is 5.75 Å². The van der Waals surface area contributed by atoms with E-state index in [9.17, 15) is 14.7 Å². The van der Waals surface area contributed by atoms with E-state index in [1.54, 1.807) is 11.0 Å². The lowest BCUT2D eigenvalue weighted by atomic mass is 9.86. The molecule has 1 heterocycles. The van der Waals surface area contributed by atoms with Gasteiger partial charge in [0.2, 0.25) is 0 Å². The molecule has 0 saturated carbocycles. The first-order valence-corrected chi connectivity index (χ1v) is 14.2. The van der Waals surface area contributed by atoms with E-state index in [0.717, 1.165) is 38.6 Å². The lowest BCUT2D eigenvalue weighted by molar-refractivity contribution is 0.0110. The number of ether oxygens (including phenoxy) is 2. The van der Waals surface area contributed by atoms with Crippen molar-refractivity contribution in [2.24, 2.45) is 0 Å². The molecule has 1 amide bonds. The van der Waals surface area contributed by atoms with Gasteiger partial charge < -0.3 is 14.6 Å². The average Bonchev–Trinajstić information content (AvgIpc) is 2.94. The first kappa shape index (κ1) is 28.9. The van der Waals surface area contributed by atoms with Crippen molar-refractivity contribution in [2.75, 3.05) is 6.54 Å². The van der Waals surface area contributed by atoms with Gasteiger partial charge in [-0.05, 0) is 98.4 Å². The third-order valence-electron chi connectivity index (χ3n) is 7.73. The molecule has 42 heavy (non-hydrogen) atoms. The highest BCUT2D eigenvalue weighted by Crippen LogP contribution is 2.40. The summed E-state index contributed by atoms with van der Waals surface area (Å²) in [5.41, 5.74) is 4.89. The molecule has 0 aromatic heterocycles. The van der Waals surface area contributed by atoms with E-state index in [0.29, 0.717) is 11.3 Å². The van der Waals surface area contributed by atoms with Crippen LogP contribution in [-0.2, 0) is 4.74 Å². The van der Waals surface area contributed by atoms with E-state index in [2.05, 4.69) is 18.2 Å². The van der Waals surface area contributed by atoms with Crippen LogP contribution in [0.4, 0.5) is 4.79 Å². The summed E-state index contributed by atoms with van der Waals surface area (Å²) in [4.78, 5) is 27.5. The number of para-hydroxylation sites is 1. The molecule has 6 nitrogen and oxygen atoms in total. The molecular weight excluding hydrogens is 526 g/mol. The van der Waals surface area contributed by atoms with Crippen LogP contribution in [0.2, 0.25) is 0 Å². The third-order valence-corrected chi connectivity index (χ3v) is 7.73. The Morgan fingerprint density at radius 2 is 1.64 bits per heavy atom. The van der Waals surface area contributed by atoms with Crippen LogP contribution in [0.3, 0.4) is 0 Å². The quantitative estimate of drug-likeness (QED) is 0.255. The predicted octanol–water partition coefficient (Wildman–Crippen LogP) is 8.35. The summed E-state index contributed by atoms with van der Waals surface area (Å²) in [6, 6.07) is 25.2. The van der Waals surface area contributed by atoms with Crippen molar-refractivity contribution in [3.05, 3.63) is 118 Å². The summed E-state index contributed by atoms with van der Waals surface area (Å²) in [6.07, 6.45) is 1.07. The maximum Gasteiger partial charge on any atom is 0.410 e. The summed E-state index contributed by atoms with van der Waals surface area (Å²) in [5.74, 6) is -0.285. The predicted molar refractivity (Wildman–Crippen MR) is 166 cm³/mol. The summed E-state index contributed by atoms with van der Waals surface area (Å²) in [5, 5.41) is 12.0. The minimum atomic E-state index is -0.966. The highest BCUT2D eigenvalue weighted by molar-refractivity contribution is 5.95. The molecule has 0 spiro atoms. The fourth-order valence-electron chi connectivity index (χ4n) is 5.75. The van der Waals surface area contributed by atoms with E-state index in [1.165, 1.54) is 0 Å². The number of aryl methyl sites for hydroxylation is 1. The van der Waals surface area contributed by atoms with Crippen LogP contribution in [-0.4, -0.2) is 40.3 Å². The lowest BCUT2D eigenvalue weighted by Gasteiger charge is -2.36. The number of aromatic carboxylic acids is 1. The van der Waals surface area contributed by atoms with Gasteiger partial charge in [0.1, 0.15) is 17.5 Å². The molecule has 1 aliphatic heterocycles. The minimum absolute atomic E-state index is 0.230. The van der Waals surface area contributed by atoms with Crippen LogP contribution in [0, 0.1) is 13.8 Å². The van der Waals surface area contributed by atoms with E-state index in [1.807, 2.05) is 102 Å². The van der Waals surface area contributed by atoms with Crippen LogP contribution in [0.1, 0.15) is 71.9 Å². The first-order chi connectivity index (χ1) is 19.9. The summed E-state index contributed by atoms with van der Waals surface area (Å²) >= 11 is 0. The van der Waals surface area contributed by atoms with Gasteiger partial charge in [-0.15, -0.1) is 0 Å². The molecule has 5 rings (SSSR count).